The Balaban J connectivity index is 2.15. The van der Waals surface area contributed by atoms with Crippen LogP contribution < -0.4 is 5.32 Å². The molecule has 0 aliphatic heterocycles. The number of nitrogens with one attached hydrogen (secondary N) is 1. The van der Waals surface area contributed by atoms with Crippen molar-refractivity contribution in [3.8, 4) is 11.4 Å². The van der Waals surface area contributed by atoms with Gasteiger partial charge in [0.15, 0.2) is 0 Å². The molecule has 0 aliphatic carbocycles. The van der Waals surface area contributed by atoms with E-state index in [0.717, 1.165) is 11.3 Å². The number of hydrogen-bond acceptors (Lipinski definition) is 5. The first-order valence-electron chi connectivity index (χ1n) is 6.89. The van der Waals surface area contributed by atoms with Gasteiger partial charge in [0, 0.05) is 16.5 Å². The summed E-state index contributed by atoms with van der Waals surface area (Å²) in [7, 11) is 1.93. The van der Waals surface area contributed by atoms with Crippen LogP contribution >= 0.6 is 11.8 Å². The lowest BCUT2D eigenvalue weighted by Crippen LogP contribution is -2.27. The van der Waals surface area contributed by atoms with Crippen LogP contribution in [0.1, 0.15) is 32.6 Å². The van der Waals surface area contributed by atoms with Gasteiger partial charge >= 0.3 is 0 Å². The van der Waals surface area contributed by atoms with E-state index < -0.39 is 0 Å². The molecular formula is C15H21N3OS. The second-order valence-corrected chi connectivity index (χ2v) is 6.12. The summed E-state index contributed by atoms with van der Waals surface area (Å²) >= 11 is 1.82. The summed E-state index contributed by atoms with van der Waals surface area (Å²) in [5.74, 6) is 2.60. The summed E-state index contributed by atoms with van der Waals surface area (Å²) in [5, 5.41) is 7.28. The number of hydrogen-bond donors (Lipinski definition) is 1. The predicted octanol–water partition coefficient (Wildman–Crippen LogP) is 3.56. The van der Waals surface area contributed by atoms with Gasteiger partial charge in [-0.05, 0) is 44.0 Å². The molecule has 1 heterocycles. The van der Waals surface area contributed by atoms with Crippen molar-refractivity contribution in [2.45, 2.75) is 37.6 Å². The van der Waals surface area contributed by atoms with Gasteiger partial charge in [-0.25, -0.2) is 0 Å². The third-order valence-corrected chi connectivity index (χ3v) is 4.35. The zero-order chi connectivity index (χ0) is 14.5. The van der Waals surface area contributed by atoms with Gasteiger partial charge in [-0.1, -0.05) is 19.0 Å². The first-order chi connectivity index (χ1) is 9.65. The summed E-state index contributed by atoms with van der Waals surface area (Å²) in [4.78, 5) is 5.76. The first kappa shape index (κ1) is 15.1. The van der Waals surface area contributed by atoms with Crippen molar-refractivity contribution in [1.29, 1.82) is 0 Å². The van der Waals surface area contributed by atoms with Crippen molar-refractivity contribution in [2.24, 2.45) is 0 Å². The van der Waals surface area contributed by atoms with Gasteiger partial charge in [-0.2, -0.15) is 4.98 Å². The Hall–Kier alpha value is -1.33. The number of likely N-dealkylation sites (N-methyl/N-ethyl adjacent to an activating group) is 1. The maximum absolute atomic E-state index is 5.38. The van der Waals surface area contributed by atoms with Gasteiger partial charge < -0.3 is 9.84 Å². The molecule has 1 aromatic carbocycles. The Morgan fingerprint density at radius 3 is 2.55 bits per heavy atom. The number of thioether (sulfide) groups is 1. The van der Waals surface area contributed by atoms with Crippen LogP contribution in [0.4, 0.5) is 0 Å². The predicted molar refractivity (Wildman–Crippen MR) is 83.1 cm³/mol. The molecule has 4 nitrogen and oxygen atoms in total. The highest BCUT2D eigenvalue weighted by Crippen LogP contribution is 2.24. The lowest BCUT2D eigenvalue weighted by molar-refractivity contribution is 0.336. The molecule has 0 aliphatic rings. The van der Waals surface area contributed by atoms with Gasteiger partial charge in [0.25, 0.3) is 0 Å². The standard InChI is InChI=1S/C15H21N3OS/c1-5-20-13-8-6-12(7-9-13)14-17-15(19-18-14)10(2)11(3)16-4/h6-11,16H,5H2,1-4H3. The highest BCUT2D eigenvalue weighted by atomic mass is 32.2. The molecule has 0 fully saturated rings. The zero-order valence-electron chi connectivity index (χ0n) is 12.4. The lowest BCUT2D eigenvalue weighted by Gasteiger charge is -2.14. The highest BCUT2D eigenvalue weighted by Gasteiger charge is 2.19. The quantitative estimate of drug-likeness (QED) is 0.825. The van der Waals surface area contributed by atoms with E-state index in [1.165, 1.54) is 4.90 Å². The molecule has 1 aromatic heterocycles. The van der Waals surface area contributed by atoms with E-state index >= 15 is 0 Å². The zero-order valence-corrected chi connectivity index (χ0v) is 13.2. The van der Waals surface area contributed by atoms with Crippen molar-refractivity contribution >= 4 is 11.8 Å². The van der Waals surface area contributed by atoms with Crippen molar-refractivity contribution < 1.29 is 4.52 Å². The van der Waals surface area contributed by atoms with E-state index in [1.54, 1.807) is 0 Å². The van der Waals surface area contributed by atoms with Crippen LogP contribution in [-0.4, -0.2) is 29.0 Å². The van der Waals surface area contributed by atoms with E-state index in [2.05, 4.69) is 48.4 Å². The van der Waals surface area contributed by atoms with Crippen molar-refractivity contribution in [1.82, 2.24) is 15.5 Å². The van der Waals surface area contributed by atoms with E-state index in [4.69, 9.17) is 4.52 Å². The van der Waals surface area contributed by atoms with Gasteiger partial charge in [-0.3, -0.25) is 0 Å². The van der Waals surface area contributed by atoms with Crippen molar-refractivity contribution in [3.63, 3.8) is 0 Å². The van der Waals surface area contributed by atoms with E-state index in [-0.39, 0.29) is 5.92 Å². The van der Waals surface area contributed by atoms with Crippen LogP contribution in [0.15, 0.2) is 33.7 Å². The molecule has 2 aromatic rings. The van der Waals surface area contributed by atoms with Gasteiger partial charge in [-0.15, -0.1) is 11.8 Å². The Kier molecular flexibility index (Phi) is 5.20. The van der Waals surface area contributed by atoms with Gasteiger partial charge in [0.2, 0.25) is 11.7 Å². The van der Waals surface area contributed by atoms with Crippen molar-refractivity contribution in [3.05, 3.63) is 30.2 Å². The minimum Gasteiger partial charge on any atom is -0.339 e. The minimum atomic E-state index is 0.191. The SMILES string of the molecule is CCSc1ccc(-c2noc(C(C)C(C)NC)n2)cc1. The molecule has 0 saturated carbocycles. The molecular weight excluding hydrogens is 270 g/mol. The molecule has 2 unspecified atom stereocenters. The lowest BCUT2D eigenvalue weighted by atomic mass is 10.0. The Morgan fingerprint density at radius 2 is 1.95 bits per heavy atom. The van der Waals surface area contributed by atoms with Crippen LogP contribution in [0, 0.1) is 0 Å². The third kappa shape index (κ3) is 3.41. The summed E-state index contributed by atoms with van der Waals surface area (Å²) in [6.07, 6.45) is 0. The molecule has 108 valence electrons. The molecule has 0 amide bonds. The summed E-state index contributed by atoms with van der Waals surface area (Å²) in [6, 6.07) is 8.57. The van der Waals surface area contributed by atoms with Gasteiger partial charge in [0.1, 0.15) is 0 Å². The fraction of sp³-hybridized carbons (Fsp3) is 0.467. The van der Waals surface area contributed by atoms with Crippen LogP contribution in [0.5, 0.6) is 0 Å². The molecule has 0 bridgehead atoms. The number of aromatic nitrogens is 2. The smallest absolute Gasteiger partial charge is 0.231 e. The molecule has 0 saturated heterocycles. The Morgan fingerprint density at radius 1 is 1.25 bits per heavy atom. The van der Waals surface area contributed by atoms with Crippen LogP contribution in [0.2, 0.25) is 0 Å². The van der Waals surface area contributed by atoms with Crippen LogP contribution in [0.3, 0.4) is 0 Å². The number of rotatable bonds is 6. The minimum absolute atomic E-state index is 0.191. The average Bonchev–Trinajstić information content (AvgIpc) is 2.96. The van der Waals surface area contributed by atoms with Crippen LogP contribution in [-0.2, 0) is 0 Å². The van der Waals surface area contributed by atoms with E-state index in [0.29, 0.717) is 17.8 Å². The highest BCUT2D eigenvalue weighted by molar-refractivity contribution is 7.99. The normalized spacial score (nSPS) is 14.2. The number of nitrogens with zero attached hydrogens (tertiary/aromatic N) is 2. The topological polar surface area (TPSA) is 51.0 Å². The second kappa shape index (κ2) is 6.90. The molecule has 2 rings (SSSR count). The second-order valence-electron chi connectivity index (χ2n) is 4.78. The molecule has 2 atom stereocenters. The monoisotopic (exact) mass is 291 g/mol. The molecule has 5 heteroatoms. The van der Waals surface area contributed by atoms with Crippen molar-refractivity contribution in [2.75, 3.05) is 12.8 Å². The number of benzene rings is 1. The van der Waals surface area contributed by atoms with E-state index in [1.807, 2.05) is 30.9 Å². The maximum Gasteiger partial charge on any atom is 0.231 e. The summed E-state index contributed by atoms with van der Waals surface area (Å²) < 4.78 is 5.38. The Labute approximate surface area is 124 Å². The fourth-order valence-corrected chi connectivity index (χ4v) is 2.53. The molecule has 0 spiro atoms. The average molecular weight is 291 g/mol. The molecule has 1 N–H and O–H groups in total. The third-order valence-electron chi connectivity index (χ3n) is 3.46. The molecule has 0 radical (unpaired) electrons. The fourth-order valence-electron chi connectivity index (χ4n) is 1.87. The summed E-state index contributed by atoms with van der Waals surface area (Å²) in [5.41, 5.74) is 0.991. The van der Waals surface area contributed by atoms with E-state index in [9.17, 15) is 0 Å². The maximum atomic E-state index is 5.38. The largest absolute Gasteiger partial charge is 0.339 e. The van der Waals surface area contributed by atoms with Gasteiger partial charge in [0.05, 0.1) is 5.92 Å². The molecule has 20 heavy (non-hydrogen) atoms. The van der Waals surface area contributed by atoms with Crippen LogP contribution in [0.25, 0.3) is 11.4 Å². The Bertz CT molecular complexity index is 538. The summed E-state index contributed by atoms with van der Waals surface area (Å²) in [6.45, 7) is 6.33. The first-order valence-corrected chi connectivity index (χ1v) is 7.88.